The number of aryl methyl sites for hydroxylation is 1. The highest BCUT2D eigenvalue weighted by atomic mass is 16.7. The fourth-order valence-corrected chi connectivity index (χ4v) is 8.18. The van der Waals surface area contributed by atoms with Crippen LogP contribution in [0.3, 0.4) is 0 Å². The van der Waals surface area contributed by atoms with Crippen LogP contribution in [-0.2, 0) is 38.3 Å². The molecule has 3 aromatic carbocycles. The second-order valence-corrected chi connectivity index (χ2v) is 14.5. The smallest absolute Gasteiger partial charge is 0.445 e. The summed E-state index contributed by atoms with van der Waals surface area (Å²) in [5.74, 6) is 0.223. The van der Waals surface area contributed by atoms with Crippen molar-refractivity contribution in [2.75, 3.05) is 0 Å². The van der Waals surface area contributed by atoms with Crippen molar-refractivity contribution in [3.63, 3.8) is 0 Å². The minimum Gasteiger partial charge on any atom is -0.445 e. The zero-order valence-corrected chi connectivity index (χ0v) is 27.6. The van der Waals surface area contributed by atoms with Crippen molar-refractivity contribution >= 4 is 30.0 Å². The number of fused-ring (bicyclic) bond motifs is 1. The lowest BCUT2D eigenvalue weighted by Crippen LogP contribution is -2.65. The van der Waals surface area contributed by atoms with E-state index in [-0.39, 0.29) is 30.5 Å². The van der Waals surface area contributed by atoms with Crippen LogP contribution in [0.2, 0.25) is 0 Å². The first-order chi connectivity index (χ1) is 22.6. The Labute approximate surface area is 277 Å². The van der Waals surface area contributed by atoms with Crippen LogP contribution >= 0.6 is 0 Å². The van der Waals surface area contributed by atoms with Crippen LogP contribution in [0.1, 0.15) is 55.9 Å². The maximum Gasteiger partial charge on any atom is 0.482 e. The number of nitrogens with one attached hydrogen (secondary N) is 3. The molecule has 2 heterocycles. The van der Waals surface area contributed by atoms with Gasteiger partial charge in [0.25, 0.3) is 0 Å². The Balaban J connectivity index is 1.13. The monoisotopic (exact) mass is 633 g/mol. The van der Waals surface area contributed by atoms with E-state index in [9.17, 15) is 9.59 Å². The van der Waals surface area contributed by atoms with E-state index in [0.29, 0.717) is 18.3 Å². The van der Waals surface area contributed by atoms with Gasteiger partial charge in [-0.25, -0.2) is 4.79 Å². The second kappa shape index (κ2) is 12.5. The van der Waals surface area contributed by atoms with Crippen molar-refractivity contribution in [2.45, 2.75) is 83.7 Å². The third kappa shape index (κ3) is 6.19. The molecule has 2 bridgehead atoms. The number of amides is 2. The summed E-state index contributed by atoms with van der Waals surface area (Å²) in [5, 5.41) is 7.14. The molecule has 9 heteroatoms. The lowest BCUT2D eigenvalue weighted by atomic mass is 9.43. The van der Waals surface area contributed by atoms with Crippen LogP contribution < -0.4 is 10.6 Å². The standard InChI is InChI=1S/C38H44BN3O5/c1-24-14-16-25(17-15-24)18-34(39-46-33-21-28-20-32(37(28,2)3)38(33,4)47-39)42-35(43)31(19-27-22-40-30-13-9-8-12-29(27)30)41-36(44)45-23-26-10-6-5-7-11-26/h5-17,22,28,31-34,40H,18-21,23H2,1-4H3,(H,41,44)(H,42,43)/t28-,31-,32-,33+,34-,38-/m0/s1. The molecule has 0 unspecified atom stereocenters. The highest BCUT2D eigenvalue weighted by molar-refractivity contribution is 6.48. The molecule has 0 spiro atoms. The molecular weight excluding hydrogens is 589 g/mol. The van der Waals surface area contributed by atoms with Gasteiger partial charge in [-0.05, 0) is 73.1 Å². The molecule has 47 heavy (non-hydrogen) atoms. The predicted octanol–water partition coefficient (Wildman–Crippen LogP) is 6.31. The maximum atomic E-state index is 14.3. The molecule has 4 aliphatic rings. The number of carbonyl (C=O) groups excluding carboxylic acids is 2. The van der Waals surface area contributed by atoms with Crippen LogP contribution in [0, 0.1) is 24.2 Å². The van der Waals surface area contributed by atoms with Crippen LogP contribution in [-0.4, -0.2) is 47.8 Å². The van der Waals surface area contributed by atoms with Gasteiger partial charge >= 0.3 is 13.2 Å². The number of rotatable bonds is 10. The molecule has 1 saturated heterocycles. The first-order valence-corrected chi connectivity index (χ1v) is 16.8. The fraction of sp³-hybridized carbons (Fsp3) is 0.421. The van der Waals surface area contributed by atoms with E-state index in [0.717, 1.165) is 40.4 Å². The molecular formula is C38H44BN3O5. The number of H-pyrrole nitrogens is 1. The van der Waals surface area contributed by atoms with Crippen LogP contribution in [0.5, 0.6) is 0 Å². The van der Waals surface area contributed by atoms with Crippen molar-refractivity contribution in [3.05, 3.63) is 107 Å². The summed E-state index contributed by atoms with van der Waals surface area (Å²) >= 11 is 0. The van der Waals surface area contributed by atoms with Crippen molar-refractivity contribution in [2.24, 2.45) is 17.3 Å². The Morgan fingerprint density at radius 2 is 1.68 bits per heavy atom. The quantitative estimate of drug-likeness (QED) is 0.178. The minimum absolute atomic E-state index is 0.0187. The first kappa shape index (κ1) is 31.5. The molecule has 8 rings (SSSR count). The molecule has 1 aliphatic heterocycles. The Morgan fingerprint density at radius 3 is 2.45 bits per heavy atom. The first-order valence-electron chi connectivity index (χ1n) is 16.8. The average Bonchev–Trinajstić information content (AvgIpc) is 3.65. The van der Waals surface area contributed by atoms with Crippen LogP contribution in [0.25, 0.3) is 10.9 Å². The number of hydrogen-bond donors (Lipinski definition) is 3. The van der Waals surface area contributed by atoms with Gasteiger partial charge in [-0.15, -0.1) is 0 Å². The number of alkyl carbamates (subject to hydrolysis) is 1. The third-order valence-corrected chi connectivity index (χ3v) is 11.1. The molecule has 4 aromatic rings. The predicted molar refractivity (Wildman–Crippen MR) is 182 cm³/mol. The highest BCUT2D eigenvalue weighted by Crippen LogP contribution is 2.65. The third-order valence-electron chi connectivity index (χ3n) is 11.1. The molecule has 4 fully saturated rings. The van der Waals surface area contributed by atoms with Crippen molar-refractivity contribution in [1.29, 1.82) is 0 Å². The van der Waals surface area contributed by atoms with E-state index in [2.05, 4.69) is 67.6 Å². The van der Waals surface area contributed by atoms with Crippen molar-refractivity contribution < 1.29 is 23.6 Å². The van der Waals surface area contributed by atoms with E-state index >= 15 is 0 Å². The molecule has 3 N–H and O–H groups in total. The maximum absolute atomic E-state index is 14.3. The van der Waals surface area contributed by atoms with Gasteiger partial charge < -0.3 is 29.7 Å². The number of aromatic amines is 1. The fourth-order valence-electron chi connectivity index (χ4n) is 8.18. The summed E-state index contributed by atoms with van der Waals surface area (Å²) in [7, 11) is -0.621. The lowest BCUT2D eigenvalue weighted by molar-refractivity contribution is -0.199. The lowest BCUT2D eigenvalue weighted by Gasteiger charge is -2.64. The normalized spacial score (nSPS) is 25.4. The molecule has 3 saturated carbocycles. The van der Waals surface area contributed by atoms with Gasteiger partial charge in [0.2, 0.25) is 5.91 Å². The molecule has 3 aliphatic carbocycles. The SMILES string of the molecule is Cc1ccc(C[C@H](NC(=O)[C@H](Cc2c[nH]c3ccccc23)NC(=O)OCc2ccccc2)B2O[C@@H]3C[C@@H]4C[C@@H](C4(C)C)[C@]3(C)O2)cc1. The van der Waals surface area contributed by atoms with Gasteiger partial charge in [-0.3, -0.25) is 4.79 Å². The van der Waals surface area contributed by atoms with Gasteiger partial charge in [0, 0.05) is 23.5 Å². The molecule has 6 atom stereocenters. The summed E-state index contributed by atoms with van der Waals surface area (Å²) < 4.78 is 19.1. The van der Waals surface area contributed by atoms with Crippen LogP contribution in [0.4, 0.5) is 4.79 Å². The van der Waals surface area contributed by atoms with E-state index < -0.39 is 30.8 Å². The Hall–Kier alpha value is -4.08. The highest BCUT2D eigenvalue weighted by Gasteiger charge is 2.68. The van der Waals surface area contributed by atoms with Gasteiger partial charge in [0.15, 0.2) is 0 Å². The van der Waals surface area contributed by atoms with Gasteiger partial charge in [-0.2, -0.15) is 0 Å². The minimum atomic E-state index is -0.899. The topological polar surface area (TPSA) is 102 Å². The van der Waals surface area contributed by atoms with Crippen LogP contribution in [0.15, 0.2) is 85.1 Å². The summed E-state index contributed by atoms with van der Waals surface area (Å²) in [6.07, 6.45) is 4.13. The van der Waals surface area contributed by atoms with E-state index in [4.69, 9.17) is 14.0 Å². The number of carbonyl (C=O) groups is 2. The molecule has 2 amide bonds. The van der Waals surface area contributed by atoms with E-state index in [1.165, 1.54) is 5.56 Å². The Morgan fingerprint density at radius 1 is 0.936 bits per heavy atom. The average molecular weight is 634 g/mol. The number of ether oxygens (including phenoxy) is 1. The zero-order valence-electron chi connectivity index (χ0n) is 27.6. The summed E-state index contributed by atoms with van der Waals surface area (Å²) in [6.45, 7) is 9.03. The molecule has 0 radical (unpaired) electrons. The Kier molecular flexibility index (Phi) is 8.39. The zero-order chi connectivity index (χ0) is 32.8. The summed E-state index contributed by atoms with van der Waals surface area (Å²) in [6, 6.07) is 24.8. The largest absolute Gasteiger partial charge is 0.482 e. The molecule has 1 aromatic heterocycles. The van der Waals surface area contributed by atoms with Gasteiger partial charge in [-0.1, -0.05) is 92.2 Å². The van der Waals surface area contributed by atoms with Crippen molar-refractivity contribution in [3.8, 4) is 0 Å². The summed E-state index contributed by atoms with van der Waals surface area (Å²) in [5.41, 5.74) is 4.78. The number of benzene rings is 3. The van der Waals surface area contributed by atoms with Gasteiger partial charge in [0.1, 0.15) is 12.6 Å². The second-order valence-electron chi connectivity index (χ2n) is 14.5. The Bertz CT molecular complexity index is 1740. The van der Waals surface area contributed by atoms with Crippen molar-refractivity contribution in [1.82, 2.24) is 15.6 Å². The summed E-state index contributed by atoms with van der Waals surface area (Å²) in [4.78, 5) is 30.7. The van der Waals surface area contributed by atoms with E-state index in [1.807, 2.05) is 60.8 Å². The molecule has 244 valence electrons. The van der Waals surface area contributed by atoms with E-state index in [1.54, 1.807) is 0 Å². The number of hydrogen-bond acceptors (Lipinski definition) is 5. The van der Waals surface area contributed by atoms with Gasteiger partial charge in [0.05, 0.1) is 17.6 Å². The number of para-hydroxylation sites is 1. The number of aromatic nitrogens is 1. The molecule has 8 nitrogen and oxygen atoms in total.